The third-order valence-electron chi connectivity index (χ3n) is 4.24. The Labute approximate surface area is 146 Å². The van der Waals surface area contributed by atoms with Gasteiger partial charge in [0.15, 0.2) is 11.6 Å². The Kier molecular flexibility index (Phi) is 8.66. The fourth-order valence-corrected chi connectivity index (χ4v) is 2.88. The highest BCUT2D eigenvalue weighted by Crippen LogP contribution is 2.24. The second-order valence-corrected chi connectivity index (χ2v) is 6.96. The number of nitrogens with zero attached hydrogens (tertiary/aromatic N) is 1. The molecule has 0 N–H and O–H groups in total. The summed E-state index contributed by atoms with van der Waals surface area (Å²) in [5.74, 6) is -0.434. The SMILES string of the molecule is CCCCCCCC=CC(=O)N1C=C(C(C)=O)C(=O)C1CC(C)C. The summed E-state index contributed by atoms with van der Waals surface area (Å²) in [5.41, 5.74) is 0.141. The minimum absolute atomic E-state index is 0.141. The fraction of sp³-hybridized carbons (Fsp3) is 0.650. The van der Waals surface area contributed by atoms with Crippen molar-refractivity contribution < 1.29 is 14.4 Å². The number of Topliss-reactive ketones (excluding diaryl/α,β-unsaturated/α-hetero) is 2. The number of unbranched alkanes of at least 4 members (excludes halogenated alkanes) is 5. The average molecular weight is 333 g/mol. The van der Waals surface area contributed by atoms with Crippen LogP contribution in [0.25, 0.3) is 0 Å². The van der Waals surface area contributed by atoms with Crippen molar-refractivity contribution in [3.63, 3.8) is 0 Å². The molecule has 0 spiro atoms. The smallest absolute Gasteiger partial charge is 0.250 e. The first kappa shape index (κ1) is 20.3. The summed E-state index contributed by atoms with van der Waals surface area (Å²) >= 11 is 0. The molecule has 0 aliphatic carbocycles. The average Bonchev–Trinajstić information content (AvgIpc) is 2.83. The zero-order valence-electron chi connectivity index (χ0n) is 15.5. The molecule has 134 valence electrons. The molecule has 1 atom stereocenters. The molecule has 0 aromatic heterocycles. The van der Waals surface area contributed by atoms with Gasteiger partial charge in [-0.1, -0.05) is 52.5 Å². The van der Waals surface area contributed by atoms with E-state index >= 15 is 0 Å². The maximum Gasteiger partial charge on any atom is 0.250 e. The van der Waals surface area contributed by atoms with Crippen LogP contribution >= 0.6 is 0 Å². The number of rotatable bonds is 10. The van der Waals surface area contributed by atoms with Crippen LogP contribution in [0.5, 0.6) is 0 Å². The van der Waals surface area contributed by atoms with Crippen LogP contribution in [0.2, 0.25) is 0 Å². The molecule has 4 nitrogen and oxygen atoms in total. The molecule has 0 radical (unpaired) electrons. The minimum atomic E-state index is -0.536. The molecule has 0 aromatic rings. The largest absolute Gasteiger partial charge is 0.304 e. The molecule has 0 aromatic carbocycles. The third kappa shape index (κ3) is 6.06. The van der Waals surface area contributed by atoms with Crippen molar-refractivity contribution in [2.45, 2.75) is 78.7 Å². The number of allylic oxidation sites excluding steroid dienone is 1. The molecule has 1 aliphatic heterocycles. The quantitative estimate of drug-likeness (QED) is 0.342. The van der Waals surface area contributed by atoms with Crippen molar-refractivity contribution in [1.82, 2.24) is 4.90 Å². The van der Waals surface area contributed by atoms with E-state index in [1.54, 1.807) is 6.08 Å². The molecule has 24 heavy (non-hydrogen) atoms. The van der Waals surface area contributed by atoms with Gasteiger partial charge in [-0.15, -0.1) is 0 Å². The number of amides is 1. The van der Waals surface area contributed by atoms with Crippen LogP contribution in [-0.4, -0.2) is 28.4 Å². The summed E-state index contributed by atoms with van der Waals surface area (Å²) in [5, 5.41) is 0. The van der Waals surface area contributed by atoms with Gasteiger partial charge in [0, 0.05) is 6.20 Å². The van der Waals surface area contributed by atoms with Gasteiger partial charge in [-0.3, -0.25) is 14.4 Å². The molecule has 0 saturated carbocycles. The van der Waals surface area contributed by atoms with Gasteiger partial charge in [-0.05, 0) is 38.2 Å². The highest BCUT2D eigenvalue weighted by molar-refractivity contribution is 6.23. The van der Waals surface area contributed by atoms with Gasteiger partial charge < -0.3 is 4.90 Å². The van der Waals surface area contributed by atoms with Crippen LogP contribution in [0.15, 0.2) is 23.9 Å². The van der Waals surface area contributed by atoms with Crippen molar-refractivity contribution >= 4 is 17.5 Å². The highest BCUT2D eigenvalue weighted by Gasteiger charge is 2.37. The summed E-state index contributed by atoms with van der Waals surface area (Å²) in [6.45, 7) is 7.57. The molecule has 1 amide bonds. The number of hydrogen-bond acceptors (Lipinski definition) is 3. The van der Waals surface area contributed by atoms with Crippen molar-refractivity contribution in [3.05, 3.63) is 23.9 Å². The Balaban J connectivity index is 2.64. The monoisotopic (exact) mass is 333 g/mol. The van der Waals surface area contributed by atoms with Crippen LogP contribution in [0.4, 0.5) is 0 Å². The van der Waals surface area contributed by atoms with Crippen molar-refractivity contribution in [1.29, 1.82) is 0 Å². The van der Waals surface area contributed by atoms with Gasteiger partial charge >= 0.3 is 0 Å². The normalized spacial score (nSPS) is 17.9. The summed E-state index contributed by atoms with van der Waals surface area (Å²) in [6, 6.07) is -0.536. The predicted molar refractivity (Wildman–Crippen MR) is 96.4 cm³/mol. The van der Waals surface area contributed by atoms with Gasteiger partial charge in [0.25, 0.3) is 5.91 Å². The number of hydrogen-bond donors (Lipinski definition) is 0. The lowest BCUT2D eigenvalue weighted by molar-refractivity contribution is -0.130. The number of carbonyl (C=O) groups excluding carboxylic acids is 3. The van der Waals surface area contributed by atoms with E-state index in [1.165, 1.54) is 43.7 Å². The van der Waals surface area contributed by atoms with E-state index in [0.717, 1.165) is 12.8 Å². The number of carbonyl (C=O) groups is 3. The number of ketones is 2. The third-order valence-corrected chi connectivity index (χ3v) is 4.24. The summed E-state index contributed by atoms with van der Waals surface area (Å²) in [7, 11) is 0. The Morgan fingerprint density at radius 1 is 1.21 bits per heavy atom. The van der Waals surface area contributed by atoms with Crippen molar-refractivity contribution in [3.8, 4) is 0 Å². The molecular weight excluding hydrogens is 302 g/mol. The molecule has 4 heteroatoms. The maximum atomic E-state index is 12.4. The Morgan fingerprint density at radius 2 is 1.88 bits per heavy atom. The molecule has 1 aliphatic rings. The maximum absolute atomic E-state index is 12.4. The Bertz CT molecular complexity index is 517. The molecule has 1 rings (SSSR count). The Hall–Kier alpha value is -1.71. The van der Waals surface area contributed by atoms with E-state index in [9.17, 15) is 14.4 Å². The van der Waals surface area contributed by atoms with Gasteiger partial charge in [0.1, 0.15) is 6.04 Å². The van der Waals surface area contributed by atoms with Crippen molar-refractivity contribution in [2.75, 3.05) is 0 Å². The first-order chi connectivity index (χ1) is 11.4. The van der Waals surface area contributed by atoms with Crippen LogP contribution in [-0.2, 0) is 14.4 Å². The van der Waals surface area contributed by atoms with E-state index in [2.05, 4.69) is 6.92 Å². The van der Waals surface area contributed by atoms with Crippen LogP contribution in [0, 0.1) is 5.92 Å². The van der Waals surface area contributed by atoms with Gasteiger partial charge in [-0.2, -0.15) is 0 Å². The molecule has 0 fully saturated rings. The van der Waals surface area contributed by atoms with E-state index in [-0.39, 0.29) is 29.0 Å². The topological polar surface area (TPSA) is 54.5 Å². The second kappa shape index (κ2) is 10.2. The highest BCUT2D eigenvalue weighted by atomic mass is 16.2. The Morgan fingerprint density at radius 3 is 2.46 bits per heavy atom. The first-order valence-corrected chi connectivity index (χ1v) is 9.14. The van der Waals surface area contributed by atoms with Gasteiger partial charge in [0.2, 0.25) is 0 Å². The molecule has 1 unspecified atom stereocenters. The first-order valence-electron chi connectivity index (χ1n) is 9.14. The predicted octanol–water partition coefficient (Wildman–Crippen LogP) is 4.20. The van der Waals surface area contributed by atoms with E-state index in [4.69, 9.17) is 0 Å². The molecule has 0 saturated heterocycles. The molecule has 1 heterocycles. The lowest BCUT2D eigenvalue weighted by Gasteiger charge is -2.22. The lowest BCUT2D eigenvalue weighted by Crippen LogP contribution is -2.37. The van der Waals surface area contributed by atoms with E-state index < -0.39 is 6.04 Å². The van der Waals surface area contributed by atoms with Crippen LogP contribution in [0.1, 0.15) is 72.6 Å². The summed E-state index contributed by atoms with van der Waals surface area (Å²) in [6.07, 6.45) is 12.3. The van der Waals surface area contributed by atoms with Gasteiger partial charge in [0.05, 0.1) is 5.57 Å². The summed E-state index contributed by atoms with van der Waals surface area (Å²) in [4.78, 5) is 37.8. The summed E-state index contributed by atoms with van der Waals surface area (Å²) < 4.78 is 0. The fourth-order valence-electron chi connectivity index (χ4n) is 2.88. The zero-order chi connectivity index (χ0) is 18.1. The minimum Gasteiger partial charge on any atom is -0.304 e. The zero-order valence-corrected chi connectivity index (χ0v) is 15.5. The van der Waals surface area contributed by atoms with Crippen LogP contribution in [0.3, 0.4) is 0 Å². The molecular formula is C20H31NO3. The lowest BCUT2D eigenvalue weighted by atomic mass is 9.97. The van der Waals surface area contributed by atoms with E-state index in [1.807, 2.05) is 19.9 Å². The van der Waals surface area contributed by atoms with Crippen LogP contribution < -0.4 is 0 Å². The molecule has 0 bridgehead atoms. The standard InChI is InChI=1S/C20H31NO3/c1-5-6-7-8-9-10-11-12-19(23)21-14-17(16(4)22)20(24)18(21)13-15(2)3/h11-12,14-15,18H,5-10,13H2,1-4H3. The van der Waals surface area contributed by atoms with E-state index in [0.29, 0.717) is 6.42 Å². The van der Waals surface area contributed by atoms with Gasteiger partial charge in [-0.25, -0.2) is 0 Å². The van der Waals surface area contributed by atoms with Crippen molar-refractivity contribution in [2.24, 2.45) is 5.92 Å². The second-order valence-electron chi connectivity index (χ2n) is 6.96.